The van der Waals surface area contributed by atoms with Crippen LogP contribution in [0.5, 0.6) is 0 Å². The van der Waals surface area contributed by atoms with Gasteiger partial charge in [0.1, 0.15) is 18.6 Å². The summed E-state index contributed by atoms with van der Waals surface area (Å²) in [5, 5.41) is 23.9. The Balaban J connectivity index is 2.88. The van der Waals surface area contributed by atoms with Crippen LogP contribution in [0.2, 0.25) is 0 Å². The van der Waals surface area contributed by atoms with E-state index >= 15 is 0 Å². The summed E-state index contributed by atoms with van der Waals surface area (Å²) in [6, 6.07) is 4.50. The summed E-state index contributed by atoms with van der Waals surface area (Å²) >= 11 is 0. The molecule has 4 amide bonds. The molecule has 0 aliphatic carbocycles. The topological polar surface area (TPSA) is 231 Å². The molecule has 0 aliphatic rings. The number of carboxylic acids is 2. The number of amides is 4. The van der Waals surface area contributed by atoms with Gasteiger partial charge in [0.25, 0.3) is 0 Å². The lowest BCUT2D eigenvalue weighted by molar-refractivity contribution is -0.142. The summed E-state index contributed by atoms with van der Waals surface area (Å²) in [5.74, 6) is -6.72. The van der Waals surface area contributed by atoms with E-state index in [0.717, 1.165) is 5.56 Å². The smallest absolute Gasteiger partial charge is 0.322 e. The maximum atomic E-state index is 12.6. The molecule has 13 heteroatoms. The average Bonchev–Trinajstić information content (AvgIpc) is 2.70. The third-order valence-corrected chi connectivity index (χ3v) is 4.10. The second-order valence-electron chi connectivity index (χ2n) is 6.80. The molecule has 0 saturated heterocycles. The summed E-state index contributed by atoms with van der Waals surface area (Å²) in [6.45, 7) is -0.805. The number of hydrogen-bond donors (Lipinski definition) is 7. The molecule has 0 fully saturated rings. The number of rotatable bonds is 13. The highest BCUT2D eigenvalue weighted by molar-refractivity contribution is 5.97. The standard InChI is InChI=1S/C19H25N5O8/c20-11(6-10-4-2-1-3-5-10)17(30)23-12(7-14(21)25)19(32)24-13(8-15(26)27)18(31)22-9-16(28)29/h1-5,11-13H,6-9,20H2,(H2,21,25)(H,22,31)(H,23,30)(H,24,32)(H,26,27)(H,28,29). The molecule has 0 saturated carbocycles. The maximum Gasteiger partial charge on any atom is 0.322 e. The Hall–Kier alpha value is -4.00. The van der Waals surface area contributed by atoms with E-state index in [0.29, 0.717) is 0 Å². The van der Waals surface area contributed by atoms with Crippen molar-refractivity contribution in [2.24, 2.45) is 11.5 Å². The number of nitrogens with one attached hydrogen (secondary N) is 3. The third kappa shape index (κ3) is 9.67. The number of nitrogens with two attached hydrogens (primary N) is 2. The lowest BCUT2D eigenvalue weighted by Gasteiger charge is -2.22. The van der Waals surface area contributed by atoms with E-state index in [1.807, 2.05) is 5.32 Å². The van der Waals surface area contributed by atoms with Crippen molar-refractivity contribution in [3.05, 3.63) is 35.9 Å². The molecule has 9 N–H and O–H groups in total. The number of benzene rings is 1. The zero-order chi connectivity index (χ0) is 24.3. The SMILES string of the molecule is NC(=O)CC(NC(=O)C(N)Cc1ccccc1)C(=O)NC(CC(=O)O)C(=O)NCC(=O)O. The maximum absolute atomic E-state index is 12.6. The van der Waals surface area contributed by atoms with Crippen molar-refractivity contribution in [1.29, 1.82) is 0 Å². The molecule has 32 heavy (non-hydrogen) atoms. The van der Waals surface area contributed by atoms with Gasteiger partial charge in [0.2, 0.25) is 23.6 Å². The monoisotopic (exact) mass is 451 g/mol. The summed E-state index contributed by atoms with van der Waals surface area (Å²) in [4.78, 5) is 70.0. The molecule has 0 heterocycles. The number of carbonyl (C=O) groups is 6. The first-order valence-electron chi connectivity index (χ1n) is 9.39. The Labute approximate surface area is 182 Å². The lowest BCUT2D eigenvalue weighted by atomic mass is 10.0. The van der Waals surface area contributed by atoms with Crippen molar-refractivity contribution in [3.63, 3.8) is 0 Å². The van der Waals surface area contributed by atoms with Crippen LogP contribution in [0.3, 0.4) is 0 Å². The first-order valence-corrected chi connectivity index (χ1v) is 9.39. The Kier molecular flexibility index (Phi) is 10.3. The van der Waals surface area contributed by atoms with Gasteiger partial charge in [-0.2, -0.15) is 0 Å². The normalized spacial score (nSPS) is 13.2. The predicted octanol–water partition coefficient (Wildman–Crippen LogP) is -2.92. The molecule has 3 atom stereocenters. The first kappa shape index (κ1) is 26.0. The van der Waals surface area contributed by atoms with Gasteiger partial charge < -0.3 is 37.6 Å². The summed E-state index contributed by atoms with van der Waals surface area (Å²) in [6.07, 6.45) is -1.38. The Morgan fingerprint density at radius 3 is 1.91 bits per heavy atom. The van der Waals surface area contributed by atoms with Gasteiger partial charge in [-0.1, -0.05) is 30.3 Å². The fraction of sp³-hybridized carbons (Fsp3) is 0.368. The first-order chi connectivity index (χ1) is 15.0. The van der Waals surface area contributed by atoms with E-state index in [2.05, 4.69) is 10.6 Å². The molecule has 3 unspecified atom stereocenters. The van der Waals surface area contributed by atoms with E-state index in [1.165, 1.54) is 0 Å². The van der Waals surface area contributed by atoms with Gasteiger partial charge in [-0.25, -0.2) is 0 Å². The Morgan fingerprint density at radius 2 is 1.38 bits per heavy atom. The number of carboxylic acid groups (broad SMARTS) is 2. The molecule has 0 aromatic heterocycles. The van der Waals surface area contributed by atoms with Crippen LogP contribution in [-0.2, 0) is 35.2 Å². The fourth-order valence-corrected chi connectivity index (χ4v) is 2.59. The molecule has 174 valence electrons. The van der Waals surface area contributed by atoms with Gasteiger partial charge in [0.15, 0.2) is 0 Å². The largest absolute Gasteiger partial charge is 0.481 e. The van der Waals surface area contributed by atoms with Crippen LogP contribution in [0.25, 0.3) is 0 Å². The highest BCUT2D eigenvalue weighted by Gasteiger charge is 2.30. The Morgan fingerprint density at radius 1 is 0.812 bits per heavy atom. The van der Waals surface area contributed by atoms with Crippen LogP contribution in [0.1, 0.15) is 18.4 Å². The minimum atomic E-state index is -1.66. The van der Waals surface area contributed by atoms with E-state index < -0.39 is 73.1 Å². The van der Waals surface area contributed by atoms with E-state index in [4.69, 9.17) is 21.7 Å². The van der Waals surface area contributed by atoms with E-state index in [9.17, 15) is 28.8 Å². The molecule has 0 bridgehead atoms. The van der Waals surface area contributed by atoms with Gasteiger partial charge in [-0.3, -0.25) is 28.8 Å². The Bertz CT molecular complexity index is 861. The molecule has 0 aliphatic heterocycles. The van der Waals surface area contributed by atoms with Crippen molar-refractivity contribution in [2.45, 2.75) is 37.4 Å². The highest BCUT2D eigenvalue weighted by atomic mass is 16.4. The van der Waals surface area contributed by atoms with Crippen molar-refractivity contribution >= 4 is 35.6 Å². The van der Waals surface area contributed by atoms with Crippen LogP contribution in [0.15, 0.2) is 30.3 Å². The van der Waals surface area contributed by atoms with Crippen LogP contribution >= 0.6 is 0 Å². The van der Waals surface area contributed by atoms with Crippen LogP contribution in [0.4, 0.5) is 0 Å². The average molecular weight is 451 g/mol. The third-order valence-electron chi connectivity index (χ3n) is 4.10. The molecule has 0 spiro atoms. The van der Waals surface area contributed by atoms with Crippen molar-refractivity contribution in [1.82, 2.24) is 16.0 Å². The molecule has 13 nitrogen and oxygen atoms in total. The summed E-state index contributed by atoms with van der Waals surface area (Å²) in [5.41, 5.74) is 11.7. The number of carbonyl (C=O) groups excluding carboxylic acids is 4. The van der Waals surface area contributed by atoms with Crippen LogP contribution < -0.4 is 27.4 Å². The zero-order valence-electron chi connectivity index (χ0n) is 16.9. The predicted molar refractivity (Wildman–Crippen MR) is 109 cm³/mol. The van der Waals surface area contributed by atoms with Crippen molar-refractivity contribution in [3.8, 4) is 0 Å². The van der Waals surface area contributed by atoms with Crippen LogP contribution in [-0.4, -0.2) is 70.5 Å². The summed E-state index contributed by atoms with van der Waals surface area (Å²) < 4.78 is 0. The quantitative estimate of drug-likeness (QED) is 0.162. The second-order valence-corrected chi connectivity index (χ2v) is 6.80. The van der Waals surface area contributed by atoms with Gasteiger partial charge in [-0.05, 0) is 12.0 Å². The summed E-state index contributed by atoms with van der Waals surface area (Å²) in [7, 11) is 0. The zero-order valence-corrected chi connectivity index (χ0v) is 16.9. The molecule has 1 rings (SSSR count). The second kappa shape index (κ2) is 12.6. The van der Waals surface area contributed by atoms with Gasteiger partial charge >= 0.3 is 11.9 Å². The minimum Gasteiger partial charge on any atom is -0.481 e. The number of primary amides is 1. The van der Waals surface area contributed by atoms with Gasteiger partial charge in [0, 0.05) is 0 Å². The lowest BCUT2D eigenvalue weighted by Crippen LogP contribution is -2.57. The van der Waals surface area contributed by atoms with Gasteiger partial charge in [0.05, 0.1) is 18.9 Å². The minimum absolute atomic E-state index is 0.136. The molecule has 0 radical (unpaired) electrons. The van der Waals surface area contributed by atoms with Crippen LogP contribution in [0, 0.1) is 0 Å². The fourth-order valence-electron chi connectivity index (χ4n) is 2.59. The highest BCUT2D eigenvalue weighted by Crippen LogP contribution is 2.04. The van der Waals surface area contributed by atoms with E-state index in [-0.39, 0.29) is 6.42 Å². The molecular formula is C19H25N5O8. The molecular weight excluding hydrogens is 426 g/mol. The molecule has 1 aromatic rings. The number of hydrogen-bond acceptors (Lipinski definition) is 7. The molecule has 1 aromatic carbocycles. The van der Waals surface area contributed by atoms with Gasteiger partial charge in [-0.15, -0.1) is 0 Å². The van der Waals surface area contributed by atoms with Crippen molar-refractivity contribution < 1.29 is 39.0 Å². The van der Waals surface area contributed by atoms with Crippen molar-refractivity contribution in [2.75, 3.05) is 6.54 Å². The van der Waals surface area contributed by atoms with E-state index in [1.54, 1.807) is 30.3 Å². The number of aliphatic carboxylic acids is 2.